The van der Waals surface area contributed by atoms with Crippen LogP contribution in [0.2, 0.25) is 0 Å². The van der Waals surface area contributed by atoms with E-state index in [0.29, 0.717) is 55.3 Å². The molecule has 0 atom stereocenters. The zero-order valence-electron chi connectivity index (χ0n) is 18.0. The lowest BCUT2D eigenvalue weighted by Crippen LogP contribution is -2.47. The largest absolute Gasteiger partial charge is 0.419 e. The van der Waals surface area contributed by atoms with E-state index >= 15 is 0 Å². The highest BCUT2D eigenvalue weighted by Crippen LogP contribution is 2.26. The van der Waals surface area contributed by atoms with Gasteiger partial charge in [-0.05, 0) is 30.5 Å². The first-order valence-electron chi connectivity index (χ1n) is 10.8. The first-order valence-corrected chi connectivity index (χ1v) is 10.8. The average Bonchev–Trinajstić information content (AvgIpc) is 3.26. The number of pyridine rings is 1. The van der Waals surface area contributed by atoms with Crippen molar-refractivity contribution in [1.82, 2.24) is 35.4 Å². The summed E-state index contributed by atoms with van der Waals surface area (Å²) in [5.41, 5.74) is 1.84. The van der Waals surface area contributed by atoms with Crippen molar-refractivity contribution >= 4 is 17.7 Å². The van der Waals surface area contributed by atoms with Gasteiger partial charge in [-0.2, -0.15) is 4.98 Å². The molecule has 1 fully saturated rings. The molecule has 32 heavy (non-hydrogen) atoms. The number of anilines is 2. The van der Waals surface area contributed by atoms with Crippen molar-refractivity contribution in [2.75, 3.05) is 43.4 Å². The maximum Gasteiger partial charge on any atom is 0.253 e. The lowest BCUT2D eigenvalue weighted by Gasteiger charge is -2.24. The van der Waals surface area contributed by atoms with Crippen LogP contribution in [0.1, 0.15) is 24.8 Å². The molecule has 3 aromatic heterocycles. The van der Waals surface area contributed by atoms with E-state index in [1.54, 1.807) is 18.6 Å². The summed E-state index contributed by atoms with van der Waals surface area (Å²) in [4.78, 5) is 26.6. The normalized spacial score (nSPS) is 14.2. The molecule has 168 valence electrons. The van der Waals surface area contributed by atoms with Crippen LogP contribution in [-0.2, 0) is 17.8 Å². The van der Waals surface area contributed by atoms with Gasteiger partial charge in [-0.1, -0.05) is 6.92 Å². The van der Waals surface area contributed by atoms with Gasteiger partial charge in [-0.3, -0.25) is 14.7 Å². The number of carbonyl (C=O) groups is 1. The van der Waals surface area contributed by atoms with Crippen LogP contribution in [-0.4, -0.2) is 68.7 Å². The van der Waals surface area contributed by atoms with Crippen LogP contribution < -0.4 is 16.0 Å². The van der Waals surface area contributed by atoms with Crippen LogP contribution >= 0.6 is 0 Å². The molecule has 4 heterocycles. The lowest BCUT2D eigenvalue weighted by atomic mass is 10.2. The molecule has 1 saturated heterocycles. The van der Waals surface area contributed by atoms with Crippen molar-refractivity contribution in [1.29, 1.82) is 0 Å². The third kappa shape index (κ3) is 5.76. The van der Waals surface area contributed by atoms with Gasteiger partial charge in [0.15, 0.2) is 0 Å². The maximum absolute atomic E-state index is 11.6. The van der Waals surface area contributed by atoms with Gasteiger partial charge in [-0.15, -0.1) is 10.2 Å². The molecule has 3 N–H and O–H groups in total. The van der Waals surface area contributed by atoms with Gasteiger partial charge in [0.25, 0.3) is 5.89 Å². The molecule has 4 rings (SSSR count). The van der Waals surface area contributed by atoms with Crippen LogP contribution in [0.25, 0.3) is 11.5 Å². The zero-order valence-corrected chi connectivity index (χ0v) is 18.0. The summed E-state index contributed by atoms with van der Waals surface area (Å²) in [7, 11) is 0. The number of hydrogen-bond donors (Lipinski definition) is 3. The van der Waals surface area contributed by atoms with Crippen LogP contribution in [0.5, 0.6) is 0 Å². The Morgan fingerprint density at radius 1 is 1.19 bits per heavy atom. The molecule has 0 bridgehead atoms. The smallest absolute Gasteiger partial charge is 0.253 e. The highest BCUT2D eigenvalue weighted by atomic mass is 16.4. The van der Waals surface area contributed by atoms with Crippen molar-refractivity contribution in [3.63, 3.8) is 0 Å². The molecular weight excluding hydrogens is 410 g/mol. The molecule has 0 radical (unpaired) electrons. The second kappa shape index (κ2) is 10.6. The van der Waals surface area contributed by atoms with Crippen LogP contribution in [0.15, 0.2) is 35.1 Å². The Hall–Kier alpha value is -3.60. The van der Waals surface area contributed by atoms with Gasteiger partial charge in [0.1, 0.15) is 5.82 Å². The van der Waals surface area contributed by atoms with Gasteiger partial charge >= 0.3 is 0 Å². The molecule has 1 aliphatic heterocycles. The van der Waals surface area contributed by atoms with Crippen molar-refractivity contribution in [3.8, 4) is 11.5 Å². The molecule has 0 saturated carbocycles. The summed E-state index contributed by atoms with van der Waals surface area (Å²) in [5.74, 6) is 1.97. The fourth-order valence-corrected chi connectivity index (χ4v) is 3.31. The number of amides is 1. The summed E-state index contributed by atoms with van der Waals surface area (Å²) in [6, 6.07) is 3.98. The first kappa shape index (κ1) is 21.6. The topological polar surface area (TPSA) is 134 Å². The van der Waals surface area contributed by atoms with E-state index in [2.05, 4.69) is 48.0 Å². The second-order valence-corrected chi connectivity index (χ2v) is 7.48. The molecular formula is C21H27N9O2. The molecule has 0 aliphatic carbocycles. The Bertz CT molecular complexity index is 1030. The minimum atomic E-state index is 0.00228. The highest BCUT2D eigenvalue weighted by Gasteiger charge is 2.20. The van der Waals surface area contributed by atoms with Crippen molar-refractivity contribution in [3.05, 3.63) is 42.2 Å². The van der Waals surface area contributed by atoms with E-state index in [9.17, 15) is 4.79 Å². The van der Waals surface area contributed by atoms with Crippen LogP contribution in [0.3, 0.4) is 0 Å². The van der Waals surface area contributed by atoms with E-state index in [1.807, 2.05) is 17.0 Å². The number of carbonyl (C=O) groups excluding carboxylic acids is 1. The van der Waals surface area contributed by atoms with Crippen molar-refractivity contribution in [2.24, 2.45) is 0 Å². The Balaban J connectivity index is 1.44. The van der Waals surface area contributed by atoms with Gasteiger partial charge in [-0.25, -0.2) is 4.98 Å². The number of nitrogens with one attached hydrogen (secondary N) is 3. The number of rotatable bonds is 10. The fourth-order valence-electron chi connectivity index (χ4n) is 3.31. The fraction of sp³-hybridized carbons (Fsp3) is 0.429. The second-order valence-electron chi connectivity index (χ2n) is 7.48. The molecule has 0 spiro atoms. The third-order valence-electron chi connectivity index (χ3n) is 4.95. The molecule has 11 heteroatoms. The highest BCUT2D eigenvalue weighted by molar-refractivity contribution is 5.78. The summed E-state index contributed by atoms with van der Waals surface area (Å²) in [5, 5.41) is 17.7. The molecule has 0 unspecified atom stereocenters. The van der Waals surface area contributed by atoms with Crippen molar-refractivity contribution in [2.45, 2.75) is 26.3 Å². The SMILES string of the molecule is CCCNc1nc(NCCc2ccncc2)ncc1-c1nnc(CN2CCNC(=O)C2)o1. The number of nitrogens with zero attached hydrogens (tertiary/aromatic N) is 6. The molecule has 11 nitrogen and oxygen atoms in total. The Labute approximate surface area is 186 Å². The average molecular weight is 438 g/mol. The number of hydrogen-bond acceptors (Lipinski definition) is 10. The Morgan fingerprint density at radius 2 is 2.06 bits per heavy atom. The summed E-state index contributed by atoms with van der Waals surface area (Å²) < 4.78 is 5.87. The monoisotopic (exact) mass is 437 g/mol. The van der Waals surface area contributed by atoms with Crippen molar-refractivity contribution < 1.29 is 9.21 Å². The van der Waals surface area contributed by atoms with Crippen LogP contribution in [0.4, 0.5) is 11.8 Å². The predicted molar refractivity (Wildman–Crippen MR) is 119 cm³/mol. The standard InChI is InChI=1S/C21H27N9O2/c1-2-6-24-19-16(12-26-21(27-19)25-9-5-15-3-7-22-8-4-15)20-29-28-18(32-20)14-30-11-10-23-17(31)13-30/h3-4,7-8,12H,2,5-6,9-11,13-14H2,1H3,(H,23,31)(H2,24,25,26,27). The quantitative estimate of drug-likeness (QED) is 0.426. The van der Waals surface area contributed by atoms with E-state index in [4.69, 9.17) is 4.42 Å². The predicted octanol–water partition coefficient (Wildman–Crippen LogP) is 1.33. The molecule has 1 amide bonds. The Kier molecular flexibility index (Phi) is 7.18. The minimum Gasteiger partial charge on any atom is -0.419 e. The molecule has 3 aromatic rings. The van der Waals surface area contributed by atoms with Gasteiger partial charge in [0, 0.05) is 44.8 Å². The maximum atomic E-state index is 11.6. The van der Waals surface area contributed by atoms with E-state index in [1.165, 1.54) is 5.56 Å². The number of piperazine rings is 1. The zero-order chi connectivity index (χ0) is 22.2. The molecule has 1 aliphatic rings. The third-order valence-corrected chi connectivity index (χ3v) is 4.95. The first-order chi connectivity index (χ1) is 15.7. The molecule has 0 aromatic carbocycles. The van der Waals surface area contributed by atoms with E-state index in [0.717, 1.165) is 25.9 Å². The van der Waals surface area contributed by atoms with E-state index < -0.39 is 0 Å². The summed E-state index contributed by atoms with van der Waals surface area (Å²) in [6.45, 7) is 5.65. The van der Waals surface area contributed by atoms with Gasteiger partial charge in [0.05, 0.1) is 18.7 Å². The van der Waals surface area contributed by atoms with E-state index in [-0.39, 0.29) is 5.91 Å². The van der Waals surface area contributed by atoms with Gasteiger partial charge < -0.3 is 20.4 Å². The minimum absolute atomic E-state index is 0.00228. The van der Waals surface area contributed by atoms with Gasteiger partial charge in [0.2, 0.25) is 17.7 Å². The lowest BCUT2D eigenvalue weighted by molar-refractivity contribution is -0.124. The summed E-state index contributed by atoms with van der Waals surface area (Å²) >= 11 is 0. The van der Waals surface area contributed by atoms with Crippen LogP contribution in [0, 0.1) is 0 Å². The Morgan fingerprint density at radius 3 is 2.88 bits per heavy atom. The number of aromatic nitrogens is 5. The summed E-state index contributed by atoms with van der Waals surface area (Å²) in [6.07, 6.45) is 7.04.